The number of benzene rings is 1. The van der Waals surface area contributed by atoms with E-state index in [1.54, 1.807) is 6.07 Å². The lowest BCUT2D eigenvalue weighted by molar-refractivity contribution is -0.136. The fraction of sp³-hybridized carbons (Fsp3) is 0.133. The minimum atomic E-state index is -1.03. The van der Waals surface area contributed by atoms with Gasteiger partial charge < -0.3 is 10.0 Å². The maximum atomic E-state index is 13.3. The van der Waals surface area contributed by atoms with Crippen LogP contribution in [0.4, 0.5) is 10.1 Å². The summed E-state index contributed by atoms with van der Waals surface area (Å²) < 4.78 is 13.3. The molecule has 6 heteroatoms. The monoisotopic (exact) mass is 288 g/mol. The molecular weight excluding hydrogens is 275 g/mol. The van der Waals surface area contributed by atoms with Crippen molar-refractivity contribution in [1.29, 1.82) is 0 Å². The van der Waals surface area contributed by atoms with Crippen LogP contribution >= 0.6 is 0 Å². The average Bonchev–Trinajstić information content (AvgIpc) is 2.48. The molecule has 2 rings (SSSR count). The van der Waals surface area contributed by atoms with Gasteiger partial charge in [-0.05, 0) is 30.3 Å². The fourth-order valence-electron chi connectivity index (χ4n) is 1.85. The minimum absolute atomic E-state index is 0.0417. The Morgan fingerprint density at radius 1 is 1.19 bits per heavy atom. The van der Waals surface area contributed by atoms with E-state index >= 15 is 0 Å². The summed E-state index contributed by atoms with van der Waals surface area (Å²) in [7, 11) is 0. The van der Waals surface area contributed by atoms with E-state index in [1.807, 2.05) is 0 Å². The van der Waals surface area contributed by atoms with Crippen LogP contribution in [0.5, 0.6) is 0 Å². The van der Waals surface area contributed by atoms with Crippen LogP contribution in [0.3, 0.4) is 0 Å². The highest BCUT2D eigenvalue weighted by Gasteiger charge is 2.19. The third-order valence-electron chi connectivity index (χ3n) is 2.84. The number of halogens is 1. The number of carbonyl (C=O) groups excluding carboxylic acids is 1. The lowest BCUT2D eigenvalue weighted by Crippen LogP contribution is -2.33. The van der Waals surface area contributed by atoms with E-state index < -0.39 is 17.7 Å². The van der Waals surface area contributed by atoms with Gasteiger partial charge in [-0.15, -0.1) is 0 Å². The molecule has 0 aliphatic heterocycles. The number of aliphatic carboxylic acids is 1. The van der Waals surface area contributed by atoms with Crippen LogP contribution in [0.2, 0.25) is 0 Å². The Bertz CT molecular complexity index is 646. The van der Waals surface area contributed by atoms with Crippen LogP contribution in [0.1, 0.15) is 16.8 Å². The van der Waals surface area contributed by atoms with Crippen molar-refractivity contribution in [3.8, 4) is 0 Å². The zero-order valence-corrected chi connectivity index (χ0v) is 11.1. The van der Waals surface area contributed by atoms with Gasteiger partial charge in [0.1, 0.15) is 5.82 Å². The molecular formula is C15H13FN2O3. The van der Waals surface area contributed by atoms with Gasteiger partial charge in [-0.3, -0.25) is 14.6 Å². The molecule has 21 heavy (non-hydrogen) atoms. The van der Waals surface area contributed by atoms with Crippen LogP contribution in [-0.2, 0) is 4.79 Å². The predicted molar refractivity (Wildman–Crippen MR) is 74.6 cm³/mol. The maximum absolute atomic E-state index is 13.3. The highest BCUT2D eigenvalue weighted by Crippen LogP contribution is 2.18. The summed E-state index contributed by atoms with van der Waals surface area (Å²) >= 11 is 0. The molecule has 1 N–H and O–H groups in total. The second-order valence-corrected chi connectivity index (χ2v) is 4.32. The molecule has 0 aliphatic rings. The lowest BCUT2D eigenvalue weighted by atomic mass is 10.2. The van der Waals surface area contributed by atoms with Crippen molar-refractivity contribution >= 4 is 17.6 Å². The number of hydrogen-bond acceptors (Lipinski definition) is 3. The first kappa shape index (κ1) is 14.6. The van der Waals surface area contributed by atoms with Gasteiger partial charge in [-0.25, -0.2) is 4.39 Å². The largest absolute Gasteiger partial charge is 0.481 e. The van der Waals surface area contributed by atoms with Crippen molar-refractivity contribution in [2.24, 2.45) is 0 Å². The standard InChI is InChI=1S/C15H13FN2O3/c16-12-2-1-3-13(10-12)18(9-6-14(19)20)15(21)11-4-7-17-8-5-11/h1-5,7-8,10H,6,9H2,(H,19,20). The van der Waals surface area contributed by atoms with Gasteiger partial charge in [-0.2, -0.15) is 0 Å². The Balaban J connectivity index is 2.32. The SMILES string of the molecule is O=C(O)CCN(C(=O)c1ccncc1)c1cccc(F)c1. The van der Waals surface area contributed by atoms with E-state index in [0.29, 0.717) is 11.3 Å². The van der Waals surface area contributed by atoms with E-state index in [4.69, 9.17) is 5.11 Å². The normalized spacial score (nSPS) is 10.1. The van der Waals surface area contributed by atoms with Gasteiger partial charge in [-0.1, -0.05) is 6.07 Å². The molecule has 2 aromatic rings. The summed E-state index contributed by atoms with van der Waals surface area (Å²) in [6.45, 7) is -0.0417. The maximum Gasteiger partial charge on any atom is 0.305 e. The summed E-state index contributed by atoms with van der Waals surface area (Å²) in [5.74, 6) is -1.92. The van der Waals surface area contributed by atoms with Crippen molar-refractivity contribution in [3.05, 3.63) is 60.2 Å². The number of hydrogen-bond donors (Lipinski definition) is 1. The molecule has 0 aliphatic carbocycles. The topological polar surface area (TPSA) is 70.5 Å². The number of carbonyl (C=O) groups is 2. The number of amides is 1. The smallest absolute Gasteiger partial charge is 0.305 e. The molecule has 0 bridgehead atoms. The van der Waals surface area contributed by atoms with Gasteiger partial charge in [0.15, 0.2) is 0 Å². The molecule has 0 saturated carbocycles. The first-order chi connectivity index (χ1) is 10.1. The van der Waals surface area contributed by atoms with Gasteiger partial charge in [0.25, 0.3) is 5.91 Å². The number of carboxylic acids is 1. The molecule has 5 nitrogen and oxygen atoms in total. The number of nitrogens with zero attached hydrogens (tertiary/aromatic N) is 2. The van der Waals surface area contributed by atoms with Crippen molar-refractivity contribution in [2.45, 2.75) is 6.42 Å². The van der Waals surface area contributed by atoms with Crippen molar-refractivity contribution in [3.63, 3.8) is 0 Å². The van der Waals surface area contributed by atoms with E-state index in [-0.39, 0.29) is 13.0 Å². The molecule has 1 amide bonds. The molecule has 1 aromatic heterocycles. The summed E-state index contributed by atoms with van der Waals surface area (Å²) in [6, 6.07) is 8.53. The van der Waals surface area contributed by atoms with E-state index in [0.717, 1.165) is 0 Å². The van der Waals surface area contributed by atoms with Gasteiger partial charge in [0.05, 0.1) is 6.42 Å². The first-order valence-corrected chi connectivity index (χ1v) is 6.27. The average molecular weight is 288 g/mol. The molecule has 1 heterocycles. The summed E-state index contributed by atoms with van der Waals surface area (Å²) in [5.41, 5.74) is 0.678. The van der Waals surface area contributed by atoms with Crippen LogP contribution in [-0.4, -0.2) is 28.5 Å². The zero-order chi connectivity index (χ0) is 15.2. The second-order valence-electron chi connectivity index (χ2n) is 4.32. The Kier molecular flexibility index (Phi) is 4.61. The third-order valence-corrected chi connectivity index (χ3v) is 2.84. The molecule has 1 aromatic carbocycles. The van der Waals surface area contributed by atoms with E-state index in [2.05, 4.69) is 4.98 Å². The zero-order valence-electron chi connectivity index (χ0n) is 11.1. The molecule has 0 radical (unpaired) electrons. The molecule has 0 fully saturated rings. The van der Waals surface area contributed by atoms with Crippen molar-refractivity contribution in [1.82, 2.24) is 4.98 Å². The lowest BCUT2D eigenvalue weighted by Gasteiger charge is -2.22. The molecule has 0 unspecified atom stereocenters. The summed E-state index contributed by atoms with van der Waals surface area (Å²) in [6.07, 6.45) is 2.70. The van der Waals surface area contributed by atoms with Crippen LogP contribution in [0.25, 0.3) is 0 Å². The summed E-state index contributed by atoms with van der Waals surface area (Å²) in [4.78, 5) is 28.3. The van der Waals surface area contributed by atoms with Crippen molar-refractivity contribution in [2.75, 3.05) is 11.4 Å². The Labute approximate surface area is 120 Å². The van der Waals surface area contributed by atoms with Crippen LogP contribution in [0, 0.1) is 5.82 Å². The second kappa shape index (κ2) is 6.60. The number of anilines is 1. The van der Waals surface area contributed by atoms with Crippen LogP contribution < -0.4 is 4.90 Å². The van der Waals surface area contributed by atoms with Gasteiger partial charge >= 0.3 is 5.97 Å². The fourth-order valence-corrected chi connectivity index (χ4v) is 1.85. The predicted octanol–water partition coefficient (Wildman–Crippen LogP) is 2.34. The number of rotatable bonds is 5. The molecule has 0 saturated heterocycles. The molecule has 0 atom stereocenters. The third kappa shape index (κ3) is 3.85. The Hall–Kier alpha value is -2.76. The highest BCUT2D eigenvalue weighted by molar-refractivity contribution is 6.06. The molecule has 108 valence electrons. The van der Waals surface area contributed by atoms with Crippen molar-refractivity contribution < 1.29 is 19.1 Å². The highest BCUT2D eigenvalue weighted by atomic mass is 19.1. The number of carboxylic acid groups (broad SMARTS) is 1. The quantitative estimate of drug-likeness (QED) is 0.916. The first-order valence-electron chi connectivity index (χ1n) is 6.27. The van der Waals surface area contributed by atoms with Gasteiger partial charge in [0.2, 0.25) is 0 Å². The number of pyridine rings is 1. The van der Waals surface area contributed by atoms with Gasteiger partial charge in [0, 0.05) is 30.2 Å². The Morgan fingerprint density at radius 3 is 2.52 bits per heavy atom. The summed E-state index contributed by atoms with van der Waals surface area (Å²) in [5, 5.41) is 8.79. The van der Waals surface area contributed by atoms with E-state index in [1.165, 1.54) is 47.6 Å². The Morgan fingerprint density at radius 2 is 1.90 bits per heavy atom. The van der Waals surface area contributed by atoms with Crippen LogP contribution in [0.15, 0.2) is 48.8 Å². The van der Waals surface area contributed by atoms with E-state index in [9.17, 15) is 14.0 Å². The number of aromatic nitrogens is 1. The molecule has 0 spiro atoms. The minimum Gasteiger partial charge on any atom is -0.481 e.